The first kappa shape index (κ1) is 17.0. The van der Waals surface area contributed by atoms with E-state index in [1.807, 2.05) is 12.1 Å². The Kier molecular flexibility index (Phi) is 5.85. The van der Waals surface area contributed by atoms with Gasteiger partial charge in [0.25, 0.3) is 0 Å². The van der Waals surface area contributed by atoms with Gasteiger partial charge in [-0.1, -0.05) is 53.0 Å². The second-order valence-corrected chi connectivity index (χ2v) is 6.70. The largest absolute Gasteiger partial charge is 0.126 e. The van der Waals surface area contributed by atoms with Crippen molar-refractivity contribution in [1.29, 1.82) is 0 Å². The van der Waals surface area contributed by atoms with Crippen molar-refractivity contribution in [2.45, 2.75) is 18.8 Å². The molecule has 0 saturated heterocycles. The molecule has 0 spiro atoms. The van der Waals surface area contributed by atoms with E-state index in [0.717, 1.165) is 11.1 Å². The molecule has 0 fully saturated rings. The molecule has 0 unspecified atom stereocenters. The van der Waals surface area contributed by atoms with Crippen LogP contribution in [-0.4, -0.2) is 11.8 Å². The molecule has 0 amide bonds. The van der Waals surface area contributed by atoms with Crippen molar-refractivity contribution in [2.24, 2.45) is 0 Å². The molecule has 0 aliphatic carbocycles. The molecule has 0 N–H and O–H groups in total. The molecule has 0 nitrogen and oxygen atoms in total. The Morgan fingerprint density at radius 3 is 2.10 bits per heavy atom. The minimum Gasteiger partial charge on any atom is -0.126 e. The van der Waals surface area contributed by atoms with E-state index in [2.05, 4.69) is 31.2 Å². The number of benzene rings is 2. The minimum atomic E-state index is -0.356. The average Bonchev–Trinajstić information content (AvgIpc) is 2.49. The average molecular weight is 362 g/mol. The normalized spacial score (nSPS) is 11.7. The van der Waals surface area contributed by atoms with Crippen LogP contribution >= 0.6 is 46.4 Å². The third kappa shape index (κ3) is 3.87. The fourth-order valence-corrected chi connectivity index (χ4v) is 3.50. The molecular formula is C17H16Cl4. The summed E-state index contributed by atoms with van der Waals surface area (Å²) in [5, 5.41) is 1.35. The Balaban J connectivity index is 2.42. The lowest BCUT2D eigenvalue weighted by atomic mass is 9.78. The fraction of sp³-hybridized carbons (Fsp3) is 0.294. The molecule has 2 aromatic carbocycles. The van der Waals surface area contributed by atoms with Gasteiger partial charge in [0.05, 0.1) is 0 Å². The molecule has 0 aliphatic heterocycles. The summed E-state index contributed by atoms with van der Waals surface area (Å²) in [6, 6.07) is 13.8. The number of aryl methyl sites for hydroxylation is 1. The van der Waals surface area contributed by atoms with Crippen LogP contribution in [0.25, 0.3) is 0 Å². The zero-order chi connectivity index (χ0) is 15.5. The van der Waals surface area contributed by atoms with Gasteiger partial charge in [-0.25, -0.2) is 0 Å². The van der Waals surface area contributed by atoms with Crippen molar-refractivity contribution in [2.75, 3.05) is 11.8 Å². The SMILES string of the molecule is Cc1ccc(C(CCl)(CCl)Cc2cc(Cl)ccc2Cl)cc1. The van der Waals surface area contributed by atoms with Gasteiger partial charge in [-0.15, -0.1) is 23.2 Å². The predicted molar refractivity (Wildman–Crippen MR) is 94.5 cm³/mol. The maximum atomic E-state index is 6.28. The molecule has 0 aromatic heterocycles. The summed E-state index contributed by atoms with van der Waals surface area (Å²) < 4.78 is 0. The molecule has 0 atom stereocenters. The molecule has 0 radical (unpaired) electrons. The summed E-state index contributed by atoms with van der Waals surface area (Å²) in [7, 11) is 0. The highest BCUT2D eigenvalue weighted by atomic mass is 35.5. The van der Waals surface area contributed by atoms with Crippen LogP contribution < -0.4 is 0 Å². The van der Waals surface area contributed by atoms with Crippen molar-refractivity contribution < 1.29 is 0 Å². The van der Waals surface area contributed by atoms with Gasteiger partial charge >= 0.3 is 0 Å². The molecule has 112 valence electrons. The molecular weight excluding hydrogens is 346 g/mol. The van der Waals surface area contributed by atoms with Gasteiger partial charge in [0.15, 0.2) is 0 Å². The molecule has 4 heteroatoms. The van der Waals surface area contributed by atoms with Gasteiger partial charge in [-0.3, -0.25) is 0 Å². The lowest BCUT2D eigenvalue weighted by molar-refractivity contribution is 0.536. The van der Waals surface area contributed by atoms with Gasteiger partial charge in [0, 0.05) is 27.2 Å². The van der Waals surface area contributed by atoms with Gasteiger partial charge in [-0.2, -0.15) is 0 Å². The van der Waals surface area contributed by atoms with Crippen LogP contribution in [0.1, 0.15) is 16.7 Å². The summed E-state index contributed by atoms with van der Waals surface area (Å²) in [5.74, 6) is 0.838. The van der Waals surface area contributed by atoms with Crippen LogP contribution in [-0.2, 0) is 11.8 Å². The van der Waals surface area contributed by atoms with Crippen LogP contribution in [0, 0.1) is 6.92 Å². The van der Waals surface area contributed by atoms with Crippen LogP contribution in [0.15, 0.2) is 42.5 Å². The van der Waals surface area contributed by atoms with Gasteiger partial charge in [0.1, 0.15) is 0 Å². The van der Waals surface area contributed by atoms with Crippen molar-refractivity contribution in [3.8, 4) is 0 Å². The molecule has 0 saturated carbocycles. The number of alkyl halides is 2. The number of hydrogen-bond acceptors (Lipinski definition) is 0. The van der Waals surface area contributed by atoms with E-state index in [0.29, 0.717) is 28.2 Å². The van der Waals surface area contributed by atoms with Gasteiger partial charge < -0.3 is 0 Å². The summed E-state index contributed by atoms with van der Waals surface area (Å²) in [6.45, 7) is 2.06. The Morgan fingerprint density at radius 1 is 0.905 bits per heavy atom. The van der Waals surface area contributed by atoms with E-state index in [4.69, 9.17) is 46.4 Å². The molecule has 0 aliphatic rings. The first-order valence-electron chi connectivity index (χ1n) is 6.64. The second-order valence-electron chi connectivity index (χ2n) is 5.33. The summed E-state index contributed by atoms with van der Waals surface area (Å²) in [6.07, 6.45) is 0.655. The summed E-state index contributed by atoms with van der Waals surface area (Å²) in [5.41, 5.74) is 2.93. The monoisotopic (exact) mass is 360 g/mol. The van der Waals surface area contributed by atoms with E-state index in [1.165, 1.54) is 5.56 Å². The molecule has 0 bridgehead atoms. The molecule has 21 heavy (non-hydrogen) atoms. The summed E-state index contributed by atoms with van der Waals surface area (Å²) >= 11 is 24.9. The Morgan fingerprint density at radius 2 is 1.52 bits per heavy atom. The van der Waals surface area contributed by atoms with Gasteiger partial charge in [0.2, 0.25) is 0 Å². The maximum Gasteiger partial charge on any atom is 0.0439 e. The van der Waals surface area contributed by atoms with E-state index in [-0.39, 0.29) is 5.41 Å². The minimum absolute atomic E-state index is 0.356. The predicted octanol–water partition coefficient (Wildman–Crippen LogP) is 6.26. The number of halogens is 4. The first-order chi connectivity index (χ1) is 10.0. The third-order valence-electron chi connectivity index (χ3n) is 3.71. The highest BCUT2D eigenvalue weighted by Gasteiger charge is 2.31. The lowest BCUT2D eigenvalue weighted by Crippen LogP contribution is -2.33. The van der Waals surface area contributed by atoms with E-state index in [9.17, 15) is 0 Å². The number of rotatable bonds is 5. The van der Waals surface area contributed by atoms with Crippen molar-refractivity contribution in [3.05, 3.63) is 69.2 Å². The lowest BCUT2D eigenvalue weighted by Gasteiger charge is -2.31. The maximum absolute atomic E-state index is 6.28. The Bertz CT molecular complexity index is 601. The molecule has 2 rings (SSSR count). The van der Waals surface area contributed by atoms with Crippen molar-refractivity contribution >= 4 is 46.4 Å². The Labute approximate surface area is 146 Å². The van der Waals surface area contributed by atoms with Crippen LogP contribution in [0.4, 0.5) is 0 Å². The quantitative estimate of drug-likeness (QED) is 0.551. The van der Waals surface area contributed by atoms with Crippen molar-refractivity contribution in [3.63, 3.8) is 0 Å². The fourth-order valence-electron chi connectivity index (χ4n) is 2.34. The first-order valence-corrected chi connectivity index (χ1v) is 8.46. The highest BCUT2D eigenvalue weighted by Crippen LogP contribution is 2.34. The van der Waals surface area contributed by atoms with Gasteiger partial charge in [-0.05, 0) is 42.7 Å². The topological polar surface area (TPSA) is 0 Å². The molecule has 0 heterocycles. The summed E-state index contributed by atoms with van der Waals surface area (Å²) in [4.78, 5) is 0. The zero-order valence-corrected chi connectivity index (χ0v) is 14.7. The van der Waals surface area contributed by atoms with Crippen LogP contribution in [0.2, 0.25) is 10.0 Å². The standard InChI is InChI=1S/C17H16Cl4/c1-12-2-4-14(5-3-12)17(10-18,11-19)9-13-8-15(20)6-7-16(13)21/h2-8H,9-11H2,1H3. The van der Waals surface area contributed by atoms with Crippen molar-refractivity contribution in [1.82, 2.24) is 0 Å². The zero-order valence-electron chi connectivity index (χ0n) is 11.7. The molecule has 2 aromatic rings. The van der Waals surface area contributed by atoms with Crippen LogP contribution in [0.3, 0.4) is 0 Å². The smallest absolute Gasteiger partial charge is 0.0439 e. The van der Waals surface area contributed by atoms with E-state index < -0.39 is 0 Å². The van der Waals surface area contributed by atoms with Crippen LogP contribution in [0.5, 0.6) is 0 Å². The Hall–Kier alpha value is -0.400. The second kappa shape index (κ2) is 7.24. The van der Waals surface area contributed by atoms with E-state index in [1.54, 1.807) is 6.07 Å². The third-order valence-corrected chi connectivity index (χ3v) is 5.34. The van der Waals surface area contributed by atoms with E-state index >= 15 is 0 Å². The number of hydrogen-bond donors (Lipinski definition) is 0. The highest BCUT2D eigenvalue weighted by molar-refractivity contribution is 6.33.